The predicted molar refractivity (Wildman–Crippen MR) is 72.9 cm³/mol. The predicted octanol–water partition coefficient (Wildman–Crippen LogP) is 2.68. The molecule has 7 heteroatoms. The monoisotopic (exact) mass is 279 g/mol. The smallest absolute Gasteiger partial charge is 0.342 e. The number of hydrogen-bond donors (Lipinski definition) is 2. The SMILES string of the molecule is CCC1(CNc2cc(C(=O)O)c([N+](=O)[O-])cn2)CCC1. The van der Waals surface area contributed by atoms with Gasteiger partial charge in [0.15, 0.2) is 0 Å². The van der Waals surface area contributed by atoms with Crippen molar-refractivity contribution >= 4 is 17.5 Å². The second kappa shape index (κ2) is 5.44. The van der Waals surface area contributed by atoms with E-state index < -0.39 is 16.6 Å². The first-order valence-corrected chi connectivity index (χ1v) is 6.59. The van der Waals surface area contributed by atoms with Gasteiger partial charge in [0, 0.05) is 12.6 Å². The Balaban J connectivity index is 2.15. The van der Waals surface area contributed by atoms with E-state index >= 15 is 0 Å². The Labute approximate surface area is 116 Å². The maximum absolute atomic E-state index is 11.0. The summed E-state index contributed by atoms with van der Waals surface area (Å²) >= 11 is 0. The highest BCUT2D eigenvalue weighted by molar-refractivity contribution is 5.93. The zero-order valence-corrected chi connectivity index (χ0v) is 11.3. The number of nitro groups is 1. The molecule has 1 aromatic heterocycles. The Morgan fingerprint density at radius 3 is 2.75 bits per heavy atom. The van der Waals surface area contributed by atoms with Crippen molar-refractivity contribution in [2.45, 2.75) is 32.6 Å². The maximum atomic E-state index is 11.0. The zero-order valence-electron chi connectivity index (χ0n) is 11.3. The van der Waals surface area contributed by atoms with Gasteiger partial charge < -0.3 is 10.4 Å². The minimum Gasteiger partial charge on any atom is -0.477 e. The third kappa shape index (κ3) is 2.71. The Hall–Kier alpha value is -2.18. The molecule has 0 radical (unpaired) electrons. The molecule has 1 saturated carbocycles. The van der Waals surface area contributed by atoms with Crippen molar-refractivity contribution in [2.75, 3.05) is 11.9 Å². The summed E-state index contributed by atoms with van der Waals surface area (Å²) in [6, 6.07) is 1.22. The Bertz CT molecular complexity index is 535. The van der Waals surface area contributed by atoms with Crippen molar-refractivity contribution in [2.24, 2.45) is 5.41 Å². The van der Waals surface area contributed by atoms with Gasteiger partial charge in [-0.3, -0.25) is 10.1 Å². The van der Waals surface area contributed by atoms with Gasteiger partial charge in [0.2, 0.25) is 0 Å². The lowest BCUT2D eigenvalue weighted by Gasteiger charge is -2.41. The van der Waals surface area contributed by atoms with E-state index in [-0.39, 0.29) is 11.0 Å². The molecule has 1 aliphatic rings. The van der Waals surface area contributed by atoms with Crippen molar-refractivity contribution in [1.29, 1.82) is 0 Å². The van der Waals surface area contributed by atoms with Crippen molar-refractivity contribution in [3.8, 4) is 0 Å². The van der Waals surface area contributed by atoms with Crippen LogP contribution in [0.2, 0.25) is 0 Å². The van der Waals surface area contributed by atoms with Crippen molar-refractivity contribution < 1.29 is 14.8 Å². The molecule has 1 heterocycles. The lowest BCUT2D eigenvalue weighted by Crippen LogP contribution is -2.36. The Morgan fingerprint density at radius 2 is 2.30 bits per heavy atom. The van der Waals surface area contributed by atoms with Gasteiger partial charge in [-0.25, -0.2) is 9.78 Å². The molecular weight excluding hydrogens is 262 g/mol. The standard InChI is InChI=1S/C13H17N3O4/c1-2-13(4-3-5-13)8-15-11-6-9(12(17)18)10(7-14-11)16(19)20/h6-7H,2-5,8H2,1H3,(H,14,15)(H,17,18). The molecule has 1 fully saturated rings. The van der Waals surface area contributed by atoms with Crippen molar-refractivity contribution in [3.63, 3.8) is 0 Å². The maximum Gasteiger partial charge on any atom is 0.342 e. The van der Waals surface area contributed by atoms with E-state index in [9.17, 15) is 14.9 Å². The van der Waals surface area contributed by atoms with Crippen LogP contribution in [0.3, 0.4) is 0 Å². The zero-order chi connectivity index (χ0) is 14.8. The number of carboxylic acids is 1. The number of anilines is 1. The average Bonchev–Trinajstić information content (AvgIpc) is 2.37. The number of nitrogens with one attached hydrogen (secondary N) is 1. The Morgan fingerprint density at radius 1 is 1.60 bits per heavy atom. The van der Waals surface area contributed by atoms with Crippen LogP contribution in [0.15, 0.2) is 12.3 Å². The van der Waals surface area contributed by atoms with E-state index in [4.69, 9.17) is 5.11 Å². The molecular formula is C13H17N3O4. The molecule has 2 rings (SSSR count). The molecule has 108 valence electrons. The summed E-state index contributed by atoms with van der Waals surface area (Å²) < 4.78 is 0. The molecule has 1 aromatic rings. The Kier molecular flexibility index (Phi) is 3.87. The molecule has 0 aliphatic heterocycles. The number of rotatable bonds is 6. The summed E-state index contributed by atoms with van der Waals surface area (Å²) in [5.41, 5.74) is -0.573. The highest BCUT2D eigenvalue weighted by atomic mass is 16.6. The van der Waals surface area contributed by atoms with Gasteiger partial charge >= 0.3 is 11.7 Å². The topological polar surface area (TPSA) is 105 Å². The summed E-state index contributed by atoms with van der Waals surface area (Å²) in [7, 11) is 0. The summed E-state index contributed by atoms with van der Waals surface area (Å²) in [6.45, 7) is 2.85. The van der Waals surface area contributed by atoms with E-state index in [2.05, 4.69) is 17.2 Å². The van der Waals surface area contributed by atoms with Crippen LogP contribution in [0.5, 0.6) is 0 Å². The van der Waals surface area contributed by atoms with Crippen LogP contribution in [0, 0.1) is 15.5 Å². The average molecular weight is 279 g/mol. The van der Waals surface area contributed by atoms with Gasteiger partial charge in [-0.05, 0) is 24.7 Å². The molecule has 0 atom stereocenters. The first kappa shape index (κ1) is 14.2. The lowest BCUT2D eigenvalue weighted by molar-refractivity contribution is -0.385. The summed E-state index contributed by atoms with van der Waals surface area (Å²) in [5.74, 6) is -0.955. The van der Waals surface area contributed by atoms with Crippen LogP contribution in [0.4, 0.5) is 11.5 Å². The highest BCUT2D eigenvalue weighted by Crippen LogP contribution is 2.43. The number of aromatic nitrogens is 1. The van der Waals surface area contributed by atoms with Gasteiger partial charge in [-0.15, -0.1) is 0 Å². The second-order valence-corrected chi connectivity index (χ2v) is 5.21. The van der Waals surface area contributed by atoms with Crippen LogP contribution in [0.25, 0.3) is 0 Å². The van der Waals surface area contributed by atoms with Gasteiger partial charge in [-0.1, -0.05) is 13.3 Å². The number of carbonyl (C=O) groups is 1. The van der Waals surface area contributed by atoms with Crippen LogP contribution < -0.4 is 5.32 Å². The van der Waals surface area contributed by atoms with E-state index in [1.54, 1.807) is 0 Å². The van der Waals surface area contributed by atoms with Crippen LogP contribution in [-0.2, 0) is 0 Å². The summed E-state index contributed by atoms with van der Waals surface area (Å²) in [4.78, 5) is 25.0. The summed E-state index contributed by atoms with van der Waals surface area (Å²) in [5, 5.41) is 22.9. The second-order valence-electron chi connectivity index (χ2n) is 5.21. The number of hydrogen-bond acceptors (Lipinski definition) is 5. The first-order chi connectivity index (χ1) is 9.47. The lowest BCUT2D eigenvalue weighted by atomic mass is 9.67. The molecule has 0 spiro atoms. The van der Waals surface area contributed by atoms with E-state index in [1.165, 1.54) is 12.5 Å². The minimum absolute atomic E-state index is 0.257. The van der Waals surface area contributed by atoms with E-state index in [1.807, 2.05) is 0 Å². The molecule has 0 bridgehead atoms. The highest BCUT2D eigenvalue weighted by Gasteiger charge is 2.34. The molecule has 0 saturated heterocycles. The molecule has 0 aromatic carbocycles. The van der Waals surface area contributed by atoms with Gasteiger partial charge in [0.05, 0.1) is 4.92 Å². The minimum atomic E-state index is -1.32. The molecule has 2 N–H and O–H groups in total. The normalized spacial score (nSPS) is 16.2. The largest absolute Gasteiger partial charge is 0.477 e. The quantitative estimate of drug-likeness (QED) is 0.612. The third-order valence-corrected chi connectivity index (χ3v) is 4.12. The number of pyridine rings is 1. The molecule has 1 aliphatic carbocycles. The third-order valence-electron chi connectivity index (χ3n) is 4.12. The fourth-order valence-corrected chi connectivity index (χ4v) is 2.47. The van der Waals surface area contributed by atoms with Crippen LogP contribution >= 0.6 is 0 Å². The number of nitrogens with zero attached hydrogens (tertiary/aromatic N) is 2. The van der Waals surface area contributed by atoms with Gasteiger partial charge in [-0.2, -0.15) is 0 Å². The van der Waals surface area contributed by atoms with Gasteiger partial charge in [0.25, 0.3) is 0 Å². The van der Waals surface area contributed by atoms with E-state index in [0.717, 1.165) is 25.5 Å². The van der Waals surface area contributed by atoms with Gasteiger partial charge in [0.1, 0.15) is 17.6 Å². The number of carboxylic acid groups (broad SMARTS) is 1. The van der Waals surface area contributed by atoms with Crippen molar-refractivity contribution in [3.05, 3.63) is 27.9 Å². The van der Waals surface area contributed by atoms with Crippen LogP contribution in [-0.4, -0.2) is 27.5 Å². The first-order valence-electron chi connectivity index (χ1n) is 6.59. The number of aromatic carboxylic acids is 1. The molecule has 0 amide bonds. The van der Waals surface area contributed by atoms with Crippen molar-refractivity contribution in [1.82, 2.24) is 4.98 Å². The van der Waals surface area contributed by atoms with Crippen LogP contribution in [0.1, 0.15) is 43.0 Å². The molecule has 7 nitrogen and oxygen atoms in total. The van der Waals surface area contributed by atoms with E-state index in [0.29, 0.717) is 12.4 Å². The fraction of sp³-hybridized carbons (Fsp3) is 0.538. The molecule has 0 unspecified atom stereocenters. The fourth-order valence-electron chi connectivity index (χ4n) is 2.47. The summed E-state index contributed by atoms with van der Waals surface area (Å²) in [6.07, 6.45) is 5.55. The molecule has 20 heavy (non-hydrogen) atoms.